The molecule has 2 unspecified atom stereocenters. The maximum absolute atomic E-state index is 15.4. The van der Waals surface area contributed by atoms with Gasteiger partial charge in [-0.2, -0.15) is 0 Å². The lowest BCUT2D eigenvalue weighted by molar-refractivity contribution is -0.142. The first-order chi connectivity index (χ1) is 70.4. The van der Waals surface area contributed by atoms with Gasteiger partial charge < -0.3 is 76.0 Å². The zero-order valence-electron chi connectivity index (χ0n) is 86.5. The van der Waals surface area contributed by atoms with Crippen molar-refractivity contribution in [2.24, 2.45) is 41.2 Å². The second kappa shape index (κ2) is 52.2. The van der Waals surface area contributed by atoms with Gasteiger partial charge in [-0.25, -0.2) is 14.4 Å². The maximum atomic E-state index is 15.4. The molecule has 7 amide bonds. The number of Topliss-reactive ketones (excluding diaryl/α,β-unsaturated/α-hetero) is 8. The number of likely N-dealkylation sites (N-methyl/N-ethyl adjacent to an activating group) is 2. The van der Waals surface area contributed by atoms with Crippen molar-refractivity contribution in [2.75, 3.05) is 40.3 Å². The van der Waals surface area contributed by atoms with Gasteiger partial charge in [0.1, 0.15) is 63.5 Å². The van der Waals surface area contributed by atoms with Crippen molar-refractivity contribution < 1.29 is 115 Å². The fraction of sp³-hybridized carbons (Fsp3) is 0.435. The summed E-state index contributed by atoms with van der Waals surface area (Å²) in [5.74, 6) is -11.6. The molecular weight excluding hydrogens is 1950 g/mol. The first-order valence-corrected chi connectivity index (χ1v) is 51.2. The van der Waals surface area contributed by atoms with E-state index in [1.165, 1.54) is 79.3 Å². The van der Waals surface area contributed by atoms with Crippen molar-refractivity contribution in [1.82, 2.24) is 36.4 Å². The third kappa shape index (κ3) is 33.4. The first-order valence-electron chi connectivity index (χ1n) is 50.5. The summed E-state index contributed by atoms with van der Waals surface area (Å²) in [6.07, 6.45) is -1.75. The zero-order valence-corrected chi connectivity index (χ0v) is 88.0. The Kier molecular flexibility index (Phi) is 40.3. The Labute approximate surface area is 877 Å². The Morgan fingerprint density at radius 2 is 0.799 bits per heavy atom. The van der Waals surface area contributed by atoms with E-state index < -0.39 is 148 Å². The Morgan fingerprint density at radius 1 is 0.436 bits per heavy atom. The molecule has 9 N–H and O–H groups in total. The summed E-state index contributed by atoms with van der Waals surface area (Å²) < 4.78 is 28.3. The van der Waals surface area contributed by atoms with Crippen molar-refractivity contribution >= 4 is 123 Å². The SMILES string of the molecule is C[C@@H]1CC(=O)[C@@H](N(C)C(=O)[C@H](CCCCN)CC(=O)c2ccc(-c3ccc(Cl)cc3)cc2)c2ccc(O)c(c2)-c2cc(ccc2O)C[C@@H](C(=O)CCC(=O)CC2CCNC2=O)NC1=O.C[C@@H]1CC(=O)[C@@H](N(C)C(=O)[C@H](CCCCNC(=O)OC(C)(C)C)CC(=O)c2ccc(-c3ccc(Cl)cc3)cc2)c2ccc(OC(=O)OC(C)(C)C)c(c2)-c2cc(ccc2OC(=O)OC(C)(C)C)C[C@@H](C(=O)CCC(=O)CC2CCNC2=O)NC1=O. The number of rotatable bonds is 35. The molecule has 4 aliphatic rings. The monoisotopic (exact) mass is 2080 g/mol. The molecule has 8 aromatic carbocycles. The molecule has 149 heavy (non-hydrogen) atoms. The van der Waals surface area contributed by atoms with E-state index in [0.29, 0.717) is 102 Å². The molecule has 8 aromatic rings. The van der Waals surface area contributed by atoms with Crippen molar-refractivity contribution in [3.8, 4) is 67.5 Å². The number of unbranched alkanes of at least 4 members (excludes halogenated alkanes) is 2. The van der Waals surface area contributed by atoms with E-state index in [2.05, 4.69) is 26.6 Å². The average molecular weight is 2080 g/mol. The number of nitrogens with one attached hydrogen (secondary N) is 5. The average Bonchev–Trinajstić information content (AvgIpc) is 0.868. The van der Waals surface area contributed by atoms with Crippen molar-refractivity contribution in [2.45, 2.75) is 246 Å². The number of aromatic hydroxyl groups is 2. The third-order valence-corrected chi connectivity index (χ3v) is 26.8. The lowest BCUT2D eigenvalue weighted by Gasteiger charge is -2.32. The van der Waals surface area contributed by atoms with Gasteiger partial charge in [0.25, 0.3) is 0 Å². The summed E-state index contributed by atoms with van der Waals surface area (Å²) in [4.78, 5) is 237. The highest BCUT2D eigenvalue weighted by Gasteiger charge is 2.42. The largest absolute Gasteiger partial charge is 0.514 e. The second-order valence-electron chi connectivity index (χ2n) is 41.7. The van der Waals surface area contributed by atoms with Crippen LogP contribution in [0.2, 0.25) is 10.0 Å². The number of hydrogen-bond donors (Lipinski definition) is 8. The smallest absolute Gasteiger partial charge is 0.507 e. The van der Waals surface area contributed by atoms with Gasteiger partial charge in [-0.05, 0) is 238 Å². The summed E-state index contributed by atoms with van der Waals surface area (Å²) in [5, 5.41) is 37.2. The number of nitrogens with two attached hydrogens (primary N) is 1. The molecule has 4 heterocycles. The highest BCUT2D eigenvalue weighted by Crippen LogP contribution is 2.45. The molecule has 34 heteroatoms. The number of alkyl carbamates (subject to hydrolysis) is 1. The fourth-order valence-electron chi connectivity index (χ4n) is 18.4. The number of amides is 7. The summed E-state index contributed by atoms with van der Waals surface area (Å²) in [6, 6.07) is 41.3. The van der Waals surface area contributed by atoms with Crippen LogP contribution >= 0.6 is 23.2 Å². The van der Waals surface area contributed by atoms with Crippen LogP contribution in [0.25, 0.3) is 44.5 Å². The number of fused-ring (bicyclic) bond motifs is 10. The minimum Gasteiger partial charge on any atom is -0.507 e. The van der Waals surface area contributed by atoms with Gasteiger partial charge in [-0.3, -0.25) is 67.1 Å². The number of carbonyl (C=O) groups is 17. The number of ether oxygens (including phenoxy) is 5. The van der Waals surface area contributed by atoms with Crippen molar-refractivity contribution in [3.05, 3.63) is 213 Å². The van der Waals surface area contributed by atoms with Gasteiger partial charge in [-0.1, -0.05) is 147 Å². The second-order valence-corrected chi connectivity index (χ2v) is 42.6. The number of phenolic OH excluding ortho intramolecular Hbond substituents is 2. The van der Waals surface area contributed by atoms with E-state index in [1.54, 1.807) is 154 Å². The normalized spacial score (nSPS) is 18.3. The molecule has 0 radical (unpaired) electrons. The molecule has 0 aliphatic carbocycles. The fourth-order valence-corrected chi connectivity index (χ4v) is 18.7. The number of phenols is 2. The molecule has 4 aliphatic heterocycles. The van der Waals surface area contributed by atoms with E-state index in [4.69, 9.17) is 52.6 Å². The summed E-state index contributed by atoms with van der Waals surface area (Å²) in [6.45, 7) is 19.6. The molecule has 0 spiro atoms. The molecule has 0 saturated carbocycles. The van der Waals surface area contributed by atoms with Crippen LogP contribution in [-0.4, -0.2) is 189 Å². The van der Waals surface area contributed by atoms with Gasteiger partial charge >= 0.3 is 18.4 Å². The van der Waals surface area contributed by atoms with E-state index in [-0.39, 0.29) is 169 Å². The van der Waals surface area contributed by atoms with Crippen LogP contribution < -0.4 is 41.8 Å². The predicted molar refractivity (Wildman–Crippen MR) is 560 cm³/mol. The van der Waals surface area contributed by atoms with Gasteiger partial charge in [0, 0.05) is 177 Å². The van der Waals surface area contributed by atoms with Crippen LogP contribution in [-0.2, 0) is 84.6 Å². The minimum absolute atomic E-state index is 0.0155. The van der Waals surface area contributed by atoms with E-state index in [1.807, 2.05) is 36.4 Å². The number of carbonyl (C=O) groups excluding carboxylic acids is 17. The predicted octanol–water partition coefficient (Wildman–Crippen LogP) is 18.1. The van der Waals surface area contributed by atoms with Crippen molar-refractivity contribution in [1.29, 1.82) is 0 Å². The standard InChI is InChI=1S/C65H79ClN4O15.C50H55ClN4O9/c1-38-32-53(74)56(70(11)59(77)45(14-12-13-30-68-60(78)83-63(2,3)4)37-52(73)42-18-16-40(17-19-42)41-20-23-46(66)24-21-41)43-22-28-55(82-62(80)85-65(8,9)10)49(36-43)48-33-39(15-27-54(48)81-61(79)84-64(5,6)7)34-50(69-57(38)75)51(72)26-25-47(71)35-44-29-31-67-58(44)76;1-29-23-46(61)47(55(2)50(64)36(5-3-4-21-52)28-45(60)33-9-7-31(8-10-33)32-11-14-37(51)15-12-32)34-13-18-43(58)40(27-34)39-24-30(6-17-42(39)57)25-41(54-48(29)62)44(59)19-16-38(56)26-35-20-22-53-49(35)63/h15-24,27-28,33,36,38,44-45,50,56H,12-14,25-26,29-32,34-35,37H2,1-11H3,(H,67,76)(H,68,78)(H,69,75);6-15,17-18,24,27,29,35-36,41,47,57-58H,3-5,16,19-23,25-26,28,52H2,1-2H3,(H,53,63)(H,54,62)/t38-,44?,45-,50+,56+;29-,35?,36-,41+,47+/m11/s1. The lowest BCUT2D eigenvalue weighted by Crippen LogP contribution is -2.46. The van der Waals surface area contributed by atoms with E-state index in [9.17, 15) is 82.1 Å². The molecule has 10 atom stereocenters. The zero-order chi connectivity index (χ0) is 109. The molecular formula is C115H134Cl2N8O24. The molecule has 8 bridgehead atoms. The number of nitrogens with zero attached hydrogens (tertiary/aromatic N) is 2. The van der Waals surface area contributed by atoms with Crippen LogP contribution in [0.5, 0.6) is 23.0 Å². The quantitative estimate of drug-likeness (QED) is 0.00601. The first kappa shape index (κ1) is 115. The Bertz CT molecular complexity index is 6280. The van der Waals surface area contributed by atoms with Crippen molar-refractivity contribution in [3.63, 3.8) is 0 Å². The number of halogens is 2. The van der Waals surface area contributed by atoms with Crippen LogP contribution in [0.15, 0.2) is 170 Å². The van der Waals surface area contributed by atoms with Crippen LogP contribution in [0, 0.1) is 35.5 Å². The van der Waals surface area contributed by atoms with Crippen LogP contribution in [0.3, 0.4) is 0 Å². The molecule has 32 nitrogen and oxygen atoms in total. The van der Waals surface area contributed by atoms with Gasteiger partial charge in [-0.15, -0.1) is 0 Å². The van der Waals surface area contributed by atoms with E-state index in [0.717, 1.165) is 22.3 Å². The van der Waals surface area contributed by atoms with Gasteiger partial charge in [0.15, 0.2) is 34.7 Å². The minimum atomic E-state index is -1.49. The highest BCUT2D eigenvalue weighted by atomic mass is 35.5. The molecule has 792 valence electrons. The lowest BCUT2D eigenvalue weighted by atomic mass is 9.87. The topological polar surface area (TPSA) is 469 Å². The van der Waals surface area contributed by atoms with Gasteiger partial charge in [0.2, 0.25) is 35.4 Å². The van der Waals surface area contributed by atoms with Crippen LogP contribution in [0.1, 0.15) is 247 Å². The maximum Gasteiger partial charge on any atom is 0.514 e. The molecule has 0 aromatic heterocycles. The summed E-state index contributed by atoms with van der Waals surface area (Å²) >= 11 is 12.2. The Hall–Kier alpha value is -14.1. The third-order valence-electron chi connectivity index (χ3n) is 26.3. The van der Waals surface area contributed by atoms with Crippen LogP contribution in [0.4, 0.5) is 14.4 Å². The Morgan fingerprint density at radius 3 is 1.20 bits per heavy atom. The van der Waals surface area contributed by atoms with Gasteiger partial charge in [0.05, 0.1) is 12.1 Å². The number of hydrogen-bond acceptors (Lipinski definition) is 25. The molecule has 2 fully saturated rings. The Balaban J connectivity index is 0.000000294. The summed E-state index contributed by atoms with van der Waals surface area (Å²) in [5.41, 5.74) is 9.20. The van der Waals surface area contributed by atoms with E-state index >= 15 is 9.59 Å². The molecule has 12 rings (SSSR count). The molecule has 2 saturated heterocycles. The number of ketones is 8. The number of benzene rings is 8. The highest BCUT2D eigenvalue weighted by molar-refractivity contribution is 6.31. The summed E-state index contributed by atoms with van der Waals surface area (Å²) in [7, 11) is 2.89.